The highest BCUT2D eigenvalue weighted by molar-refractivity contribution is 7.99. The van der Waals surface area contributed by atoms with E-state index in [1.54, 1.807) is 6.07 Å². The van der Waals surface area contributed by atoms with E-state index in [9.17, 15) is 4.79 Å². The van der Waals surface area contributed by atoms with Gasteiger partial charge in [-0.15, -0.1) is 0 Å². The van der Waals surface area contributed by atoms with Gasteiger partial charge in [-0.1, -0.05) is 0 Å². The Morgan fingerprint density at radius 3 is 2.75 bits per heavy atom. The maximum absolute atomic E-state index is 12.5. The average molecular weight is 293 g/mol. The number of hydrogen-bond acceptors (Lipinski definition) is 4. The minimum atomic E-state index is -0.0206. The standard InChI is InChI=1S/C15H23N3OS/c1-18(2)14-7-4-10(16)8-13(14)15(19)17-11-5-6-12(9-11)20-3/h4,7-8,11-12H,5-6,9,16H2,1-3H3,(H,17,19). The van der Waals surface area contributed by atoms with Gasteiger partial charge in [0.05, 0.1) is 5.56 Å². The van der Waals surface area contributed by atoms with Gasteiger partial charge < -0.3 is 16.0 Å². The second-order valence-electron chi connectivity index (χ2n) is 5.51. The van der Waals surface area contributed by atoms with E-state index in [1.807, 2.05) is 42.9 Å². The van der Waals surface area contributed by atoms with Crippen molar-refractivity contribution >= 4 is 29.0 Å². The van der Waals surface area contributed by atoms with Crippen LogP contribution < -0.4 is 16.0 Å². The second-order valence-corrected chi connectivity index (χ2v) is 6.65. The fraction of sp³-hybridized carbons (Fsp3) is 0.533. The first kappa shape index (κ1) is 15.0. The molecule has 1 saturated carbocycles. The summed E-state index contributed by atoms with van der Waals surface area (Å²) in [4.78, 5) is 14.4. The molecule has 5 heteroatoms. The highest BCUT2D eigenvalue weighted by Gasteiger charge is 2.26. The first-order chi connectivity index (χ1) is 9.51. The maximum Gasteiger partial charge on any atom is 0.253 e. The van der Waals surface area contributed by atoms with Gasteiger partial charge in [0, 0.05) is 36.8 Å². The molecule has 1 aromatic carbocycles. The van der Waals surface area contributed by atoms with Gasteiger partial charge in [0.15, 0.2) is 0 Å². The van der Waals surface area contributed by atoms with Crippen LogP contribution in [0.5, 0.6) is 0 Å². The van der Waals surface area contributed by atoms with Crippen LogP contribution in [0.25, 0.3) is 0 Å². The minimum Gasteiger partial charge on any atom is -0.399 e. The van der Waals surface area contributed by atoms with Crippen molar-refractivity contribution in [2.45, 2.75) is 30.6 Å². The monoisotopic (exact) mass is 293 g/mol. The van der Waals surface area contributed by atoms with Crippen molar-refractivity contribution in [2.75, 3.05) is 31.0 Å². The summed E-state index contributed by atoms with van der Waals surface area (Å²) >= 11 is 1.89. The summed E-state index contributed by atoms with van der Waals surface area (Å²) in [5, 5.41) is 3.82. The molecule has 1 amide bonds. The van der Waals surface area contributed by atoms with Crippen LogP contribution in [0.3, 0.4) is 0 Å². The predicted octanol–water partition coefficient (Wildman–Crippen LogP) is 2.35. The Morgan fingerprint density at radius 1 is 1.40 bits per heavy atom. The number of carbonyl (C=O) groups excluding carboxylic acids is 1. The van der Waals surface area contributed by atoms with Crippen LogP contribution in [0.2, 0.25) is 0 Å². The molecule has 2 unspecified atom stereocenters. The summed E-state index contributed by atoms with van der Waals surface area (Å²) in [6, 6.07) is 5.76. The van der Waals surface area contributed by atoms with Crippen molar-refractivity contribution in [3.05, 3.63) is 23.8 Å². The first-order valence-electron chi connectivity index (χ1n) is 6.91. The van der Waals surface area contributed by atoms with E-state index in [-0.39, 0.29) is 11.9 Å². The lowest BCUT2D eigenvalue weighted by Crippen LogP contribution is -2.34. The van der Waals surface area contributed by atoms with Crippen LogP contribution in [-0.4, -0.2) is 37.6 Å². The number of amides is 1. The summed E-state index contributed by atoms with van der Waals surface area (Å²) < 4.78 is 0. The lowest BCUT2D eigenvalue weighted by atomic mass is 10.1. The van der Waals surface area contributed by atoms with Gasteiger partial charge in [0.2, 0.25) is 0 Å². The van der Waals surface area contributed by atoms with Crippen molar-refractivity contribution in [2.24, 2.45) is 0 Å². The fourth-order valence-corrected chi connectivity index (χ4v) is 3.47. The molecule has 0 saturated heterocycles. The zero-order valence-corrected chi connectivity index (χ0v) is 13.2. The molecule has 1 aromatic rings. The topological polar surface area (TPSA) is 58.4 Å². The normalized spacial score (nSPS) is 21.8. The molecule has 2 rings (SSSR count). The predicted molar refractivity (Wildman–Crippen MR) is 87.6 cm³/mol. The number of nitrogens with zero attached hydrogens (tertiary/aromatic N) is 1. The van der Waals surface area contributed by atoms with Gasteiger partial charge in [0.1, 0.15) is 0 Å². The van der Waals surface area contributed by atoms with Gasteiger partial charge in [-0.3, -0.25) is 4.79 Å². The molecule has 0 bridgehead atoms. The number of anilines is 2. The van der Waals surface area contributed by atoms with E-state index in [0.29, 0.717) is 16.5 Å². The summed E-state index contributed by atoms with van der Waals surface area (Å²) in [5.74, 6) is -0.0206. The van der Waals surface area contributed by atoms with Gasteiger partial charge in [-0.05, 0) is 43.7 Å². The Labute approximate surface area is 125 Å². The number of nitrogens with two attached hydrogens (primary N) is 1. The number of benzene rings is 1. The molecule has 0 radical (unpaired) electrons. The number of nitrogen functional groups attached to an aromatic ring is 1. The van der Waals surface area contributed by atoms with Crippen molar-refractivity contribution in [3.8, 4) is 0 Å². The summed E-state index contributed by atoms with van der Waals surface area (Å²) in [6.45, 7) is 0. The second kappa shape index (κ2) is 6.39. The molecule has 1 fully saturated rings. The molecule has 0 aliphatic heterocycles. The Kier molecular flexibility index (Phi) is 4.81. The van der Waals surface area contributed by atoms with Crippen LogP contribution in [-0.2, 0) is 0 Å². The Hall–Kier alpha value is -1.36. The number of carbonyl (C=O) groups is 1. The van der Waals surface area contributed by atoms with Crippen molar-refractivity contribution < 1.29 is 4.79 Å². The van der Waals surface area contributed by atoms with Crippen LogP contribution in [0.15, 0.2) is 18.2 Å². The average Bonchev–Trinajstić information content (AvgIpc) is 2.85. The Bertz CT molecular complexity index is 490. The molecule has 20 heavy (non-hydrogen) atoms. The third-order valence-electron chi connectivity index (χ3n) is 3.80. The van der Waals surface area contributed by atoms with Gasteiger partial charge in [0.25, 0.3) is 5.91 Å². The van der Waals surface area contributed by atoms with Crippen LogP contribution in [0.4, 0.5) is 11.4 Å². The van der Waals surface area contributed by atoms with E-state index < -0.39 is 0 Å². The fourth-order valence-electron chi connectivity index (χ4n) is 2.67. The van der Waals surface area contributed by atoms with Crippen LogP contribution in [0.1, 0.15) is 29.6 Å². The summed E-state index contributed by atoms with van der Waals surface area (Å²) in [5.41, 5.74) is 7.99. The van der Waals surface area contributed by atoms with Gasteiger partial charge >= 0.3 is 0 Å². The zero-order chi connectivity index (χ0) is 14.7. The van der Waals surface area contributed by atoms with Crippen molar-refractivity contribution in [1.82, 2.24) is 5.32 Å². The van der Waals surface area contributed by atoms with Gasteiger partial charge in [-0.25, -0.2) is 0 Å². The molecule has 3 N–H and O–H groups in total. The summed E-state index contributed by atoms with van der Waals surface area (Å²) in [6.07, 6.45) is 5.45. The third kappa shape index (κ3) is 3.39. The highest BCUT2D eigenvalue weighted by atomic mass is 32.2. The number of nitrogens with one attached hydrogen (secondary N) is 1. The third-order valence-corrected chi connectivity index (χ3v) is 4.89. The van der Waals surface area contributed by atoms with Crippen LogP contribution >= 0.6 is 11.8 Å². The molecule has 0 aromatic heterocycles. The quantitative estimate of drug-likeness (QED) is 0.837. The largest absolute Gasteiger partial charge is 0.399 e. The molecule has 0 spiro atoms. The molecule has 1 aliphatic rings. The molecule has 1 aliphatic carbocycles. The van der Waals surface area contributed by atoms with E-state index >= 15 is 0 Å². The lowest BCUT2D eigenvalue weighted by Gasteiger charge is -2.19. The van der Waals surface area contributed by atoms with Gasteiger partial charge in [-0.2, -0.15) is 11.8 Å². The van der Waals surface area contributed by atoms with E-state index in [1.165, 1.54) is 6.42 Å². The molecule has 110 valence electrons. The first-order valence-corrected chi connectivity index (χ1v) is 8.20. The SMILES string of the molecule is CSC1CCC(NC(=O)c2cc(N)ccc2N(C)C)C1. The molecule has 2 atom stereocenters. The molecular formula is C15H23N3OS. The smallest absolute Gasteiger partial charge is 0.253 e. The molecule has 0 heterocycles. The number of thioether (sulfide) groups is 1. The highest BCUT2D eigenvalue weighted by Crippen LogP contribution is 2.29. The van der Waals surface area contributed by atoms with Crippen LogP contribution in [0, 0.1) is 0 Å². The van der Waals surface area contributed by atoms with E-state index in [0.717, 1.165) is 18.5 Å². The Morgan fingerprint density at radius 2 is 2.15 bits per heavy atom. The number of rotatable bonds is 4. The zero-order valence-electron chi connectivity index (χ0n) is 12.3. The summed E-state index contributed by atoms with van der Waals surface area (Å²) in [7, 11) is 3.86. The van der Waals surface area contributed by atoms with E-state index in [2.05, 4.69) is 11.6 Å². The minimum absolute atomic E-state index is 0.0206. The van der Waals surface area contributed by atoms with Crippen molar-refractivity contribution in [1.29, 1.82) is 0 Å². The molecule has 4 nitrogen and oxygen atoms in total. The number of hydrogen-bond donors (Lipinski definition) is 2. The lowest BCUT2D eigenvalue weighted by molar-refractivity contribution is 0.0938. The van der Waals surface area contributed by atoms with E-state index in [4.69, 9.17) is 5.73 Å². The van der Waals surface area contributed by atoms with Crippen molar-refractivity contribution in [3.63, 3.8) is 0 Å². The Balaban J connectivity index is 2.11. The molecular weight excluding hydrogens is 270 g/mol. The maximum atomic E-state index is 12.5.